The molecule has 0 bridgehead atoms. The van der Waals surface area contributed by atoms with Crippen molar-refractivity contribution in [2.75, 3.05) is 0 Å². The summed E-state index contributed by atoms with van der Waals surface area (Å²) in [5, 5.41) is 9.32. The highest BCUT2D eigenvalue weighted by Crippen LogP contribution is 2.35. The minimum absolute atomic E-state index is 1.05. The second kappa shape index (κ2) is 13.1. The average Bonchev–Trinajstić information content (AvgIpc) is 3.84. The number of H-pyrrole nitrogens is 1. The molecule has 51 heavy (non-hydrogen) atoms. The molecular weight excluding hydrogens is 621 g/mol. The third-order valence-corrected chi connectivity index (χ3v) is 9.90. The van der Waals surface area contributed by atoms with E-state index < -0.39 is 0 Å². The molecule has 0 fully saturated rings. The lowest BCUT2D eigenvalue weighted by atomic mass is 10.1. The predicted octanol–water partition coefficient (Wildman–Crippen LogP) is 10.8. The van der Waals surface area contributed by atoms with E-state index in [9.17, 15) is 0 Å². The van der Waals surface area contributed by atoms with Crippen LogP contribution in [0, 0.1) is 0 Å². The van der Waals surface area contributed by atoms with Crippen molar-refractivity contribution >= 4 is 78.8 Å². The van der Waals surface area contributed by atoms with Crippen LogP contribution in [0.5, 0.6) is 0 Å². The van der Waals surface area contributed by atoms with Crippen molar-refractivity contribution in [3.05, 3.63) is 169 Å². The first-order chi connectivity index (χ1) is 25.1. The Morgan fingerprint density at radius 3 is 2.16 bits per heavy atom. The number of aromatic nitrogens is 4. The van der Waals surface area contributed by atoms with Crippen molar-refractivity contribution in [3.63, 3.8) is 0 Å². The van der Waals surface area contributed by atoms with Gasteiger partial charge in [0.15, 0.2) is 0 Å². The minimum atomic E-state index is 1.05. The Balaban J connectivity index is 1.55. The van der Waals surface area contributed by atoms with Crippen LogP contribution in [0.2, 0.25) is 0 Å². The number of para-hydroxylation sites is 1. The Hall–Kier alpha value is -6.52. The number of rotatable bonds is 6. The van der Waals surface area contributed by atoms with Gasteiger partial charge >= 0.3 is 0 Å². The fraction of sp³-hybridized carbons (Fsp3) is 0.0638. The predicted molar refractivity (Wildman–Crippen MR) is 222 cm³/mol. The third-order valence-electron chi connectivity index (χ3n) is 9.90. The van der Waals surface area contributed by atoms with Crippen LogP contribution in [0.25, 0.3) is 90.2 Å². The molecule has 248 valence electrons. The number of hydrogen-bond donors (Lipinski definition) is 1. The molecule has 4 aromatic heterocycles. The number of allylic oxidation sites excluding steroid dienone is 4. The van der Waals surface area contributed by atoms with E-state index in [1.165, 1.54) is 26.9 Å². The summed E-state index contributed by atoms with van der Waals surface area (Å²) < 4.78 is 7.00. The van der Waals surface area contributed by atoms with E-state index in [0.29, 0.717) is 0 Å². The first-order valence-electron chi connectivity index (χ1n) is 17.4. The van der Waals surface area contributed by atoms with Gasteiger partial charge in [0.1, 0.15) is 5.65 Å². The topological polar surface area (TPSA) is 30.6 Å². The Labute approximate surface area is 297 Å². The molecule has 1 N–H and O–H groups in total. The fourth-order valence-corrected chi connectivity index (χ4v) is 7.60. The number of nitrogens with one attached hydrogen (secondary N) is 1. The molecule has 8 rings (SSSR count). The van der Waals surface area contributed by atoms with E-state index in [0.717, 1.165) is 60.8 Å². The number of benzene rings is 4. The van der Waals surface area contributed by atoms with E-state index in [4.69, 9.17) is 0 Å². The zero-order valence-electron chi connectivity index (χ0n) is 29.3. The molecule has 0 amide bonds. The monoisotopic (exact) mass is 660 g/mol. The lowest BCUT2D eigenvalue weighted by molar-refractivity contribution is 0.910. The van der Waals surface area contributed by atoms with Crippen LogP contribution in [0.1, 0.15) is 25.1 Å². The van der Waals surface area contributed by atoms with Crippen molar-refractivity contribution < 1.29 is 0 Å². The normalized spacial score (nSPS) is 12.8. The first kappa shape index (κ1) is 31.7. The highest BCUT2D eigenvalue weighted by atomic mass is 15.1. The molecule has 0 aliphatic carbocycles. The van der Waals surface area contributed by atoms with Gasteiger partial charge < -0.3 is 14.1 Å². The number of nitrogens with zero attached hydrogens (tertiary/aromatic N) is 3. The molecule has 4 heteroatoms. The molecule has 8 aromatic rings. The molecule has 0 spiro atoms. The summed E-state index contributed by atoms with van der Waals surface area (Å²) in [6.07, 6.45) is 18.4. The van der Waals surface area contributed by atoms with Gasteiger partial charge in [0.2, 0.25) is 0 Å². The number of aromatic amines is 1. The van der Waals surface area contributed by atoms with Crippen LogP contribution < -0.4 is 10.6 Å². The highest BCUT2D eigenvalue weighted by molar-refractivity contribution is 6.11. The van der Waals surface area contributed by atoms with Gasteiger partial charge in [-0.15, -0.1) is 0 Å². The lowest BCUT2D eigenvalue weighted by Crippen LogP contribution is -2.31. The van der Waals surface area contributed by atoms with E-state index in [-0.39, 0.29) is 0 Å². The molecule has 4 heterocycles. The summed E-state index contributed by atoms with van der Waals surface area (Å²) in [4.78, 5) is 3.50. The molecule has 4 nitrogen and oxygen atoms in total. The van der Waals surface area contributed by atoms with Gasteiger partial charge in [0.25, 0.3) is 0 Å². The lowest BCUT2D eigenvalue weighted by Gasteiger charge is -2.13. The van der Waals surface area contributed by atoms with Crippen LogP contribution in [0.4, 0.5) is 0 Å². The van der Waals surface area contributed by atoms with Crippen LogP contribution in [0.3, 0.4) is 0 Å². The van der Waals surface area contributed by atoms with E-state index in [1.54, 1.807) is 0 Å². The summed E-state index contributed by atoms with van der Waals surface area (Å²) >= 11 is 0. The Bertz CT molecular complexity index is 2930. The molecule has 0 aliphatic heterocycles. The maximum absolute atomic E-state index is 4.22. The first-order valence-corrected chi connectivity index (χ1v) is 17.4. The summed E-state index contributed by atoms with van der Waals surface area (Å²) in [5.41, 5.74) is 8.79. The van der Waals surface area contributed by atoms with Crippen molar-refractivity contribution in [1.29, 1.82) is 0 Å². The Kier molecular flexibility index (Phi) is 8.13. The van der Waals surface area contributed by atoms with E-state index >= 15 is 0 Å². The zero-order chi connectivity index (χ0) is 35.1. The van der Waals surface area contributed by atoms with Gasteiger partial charge in [0, 0.05) is 62.6 Å². The smallest absolute Gasteiger partial charge is 0.123 e. The standard InChI is InChI=1S/C47H40N4/c1-6-10-11-23-43-32(8-3)28-41-39-22-14-15-24-44(39)50(46(41)30-35-27-33-18-12-13-19-34(33)29-45(35)49(43)5)36-20-16-21-37(31-36)51-42(9-4)38(17-7-2)40-25-26-48-47(40)51/h6-31,48H,1,4H2,2-3,5H3/b11-10-,17-7-,32-8?,41-28?,43-23-,46-30?. The van der Waals surface area contributed by atoms with Gasteiger partial charge in [-0.25, -0.2) is 0 Å². The van der Waals surface area contributed by atoms with Gasteiger partial charge in [-0.3, -0.25) is 4.57 Å². The van der Waals surface area contributed by atoms with Gasteiger partial charge in [0.05, 0.1) is 16.7 Å². The second-order valence-electron chi connectivity index (χ2n) is 12.8. The quantitative estimate of drug-likeness (QED) is 0.172. The highest BCUT2D eigenvalue weighted by Gasteiger charge is 2.18. The Morgan fingerprint density at radius 2 is 1.39 bits per heavy atom. The SMILES string of the molecule is C=C/C=C\C=c1\c(=CC)cc2c3ccccc3n(-c3cccc(-n4c(C=C)c(/C=C\C)c5cc[nH]c54)c3)c2cc2cc3ccccc3cc2n1C. The van der Waals surface area contributed by atoms with Crippen LogP contribution in [-0.4, -0.2) is 18.7 Å². The van der Waals surface area contributed by atoms with Crippen molar-refractivity contribution in [2.24, 2.45) is 7.05 Å². The largest absolute Gasteiger partial charge is 0.347 e. The molecule has 0 aliphatic rings. The molecular formula is C47H40N4. The van der Waals surface area contributed by atoms with E-state index in [1.807, 2.05) is 24.4 Å². The Morgan fingerprint density at radius 1 is 0.647 bits per heavy atom. The average molecular weight is 661 g/mol. The molecule has 0 radical (unpaired) electrons. The zero-order valence-corrected chi connectivity index (χ0v) is 29.3. The van der Waals surface area contributed by atoms with Gasteiger partial charge in [-0.05, 0) is 96.6 Å². The number of fused-ring (bicyclic) bond motifs is 6. The second-order valence-corrected chi connectivity index (χ2v) is 12.8. The summed E-state index contributed by atoms with van der Waals surface area (Å²) in [7, 11) is 2.16. The minimum Gasteiger partial charge on any atom is -0.347 e. The number of hydrogen-bond acceptors (Lipinski definition) is 0. The van der Waals surface area contributed by atoms with Crippen LogP contribution >= 0.6 is 0 Å². The van der Waals surface area contributed by atoms with Crippen molar-refractivity contribution in [2.45, 2.75) is 13.8 Å². The van der Waals surface area contributed by atoms with E-state index in [2.05, 4.69) is 186 Å². The molecule has 0 atom stereocenters. The van der Waals surface area contributed by atoms with Crippen molar-refractivity contribution in [1.82, 2.24) is 18.7 Å². The summed E-state index contributed by atoms with van der Waals surface area (Å²) in [6.45, 7) is 12.3. The van der Waals surface area contributed by atoms with Gasteiger partial charge in [-0.1, -0.05) is 98.1 Å². The maximum atomic E-state index is 4.22. The van der Waals surface area contributed by atoms with Gasteiger partial charge in [-0.2, -0.15) is 0 Å². The molecule has 0 unspecified atom stereocenters. The fourth-order valence-electron chi connectivity index (χ4n) is 7.60. The van der Waals surface area contributed by atoms with Crippen LogP contribution in [-0.2, 0) is 7.05 Å². The molecule has 4 aromatic carbocycles. The third kappa shape index (κ3) is 5.24. The molecule has 0 saturated heterocycles. The van der Waals surface area contributed by atoms with Crippen molar-refractivity contribution in [3.8, 4) is 11.4 Å². The summed E-state index contributed by atoms with van der Waals surface area (Å²) in [6, 6.07) is 37.6. The number of aryl methyl sites for hydroxylation is 1. The summed E-state index contributed by atoms with van der Waals surface area (Å²) in [5.74, 6) is 0. The van der Waals surface area contributed by atoms with Crippen LogP contribution in [0.15, 0.2) is 147 Å². The maximum Gasteiger partial charge on any atom is 0.123 e. The molecule has 0 saturated carbocycles.